The molecule has 2 aromatic heterocycles. The fourth-order valence-electron chi connectivity index (χ4n) is 3.73. The van der Waals surface area contributed by atoms with Crippen molar-refractivity contribution >= 4 is 34.5 Å². The fourth-order valence-corrected chi connectivity index (χ4v) is 5.89. The quantitative estimate of drug-likeness (QED) is 0.461. The highest BCUT2D eigenvalue weighted by Crippen LogP contribution is 2.46. The summed E-state index contributed by atoms with van der Waals surface area (Å²) < 4.78 is 1.18. The van der Waals surface area contributed by atoms with Gasteiger partial charge in [-0.3, -0.25) is 19.3 Å². The van der Waals surface area contributed by atoms with Gasteiger partial charge in [-0.15, -0.1) is 23.1 Å². The van der Waals surface area contributed by atoms with E-state index in [0.717, 1.165) is 21.0 Å². The number of para-hydroxylation sites is 1. The first-order valence-corrected chi connectivity index (χ1v) is 11.8. The second-order valence-corrected chi connectivity index (χ2v) is 9.61. The zero-order valence-corrected chi connectivity index (χ0v) is 18.5. The lowest BCUT2D eigenvalue weighted by atomic mass is 10.1. The molecule has 0 aliphatic carbocycles. The lowest BCUT2D eigenvalue weighted by Gasteiger charge is -2.15. The molecule has 2 aromatic carbocycles. The molecule has 160 valence electrons. The summed E-state index contributed by atoms with van der Waals surface area (Å²) in [5.74, 6) is -0.365. The Bertz CT molecular complexity index is 1410. The summed E-state index contributed by atoms with van der Waals surface area (Å²) in [6, 6.07) is 21.1. The number of aliphatic imine (C=N–C) groups is 1. The third kappa shape index (κ3) is 3.94. The maximum atomic E-state index is 12.9. The normalized spacial score (nSPS) is 15.6. The Morgan fingerprint density at radius 2 is 1.81 bits per heavy atom. The summed E-state index contributed by atoms with van der Waals surface area (Å²) in [6.07, 6.45) is 0.444. The summed E-state index contributed by atoms with van der Waals surface area (Å²) in [6.45, 7) is 0.141. The van der Waals surface area contributed by atoms with E-state index in [4.69, 9.17) is 4.99 Å². The predicted molar refractivity (Wildman–Crippen MR) is 129 cm³/mol. The van der Waals surface area contributed by atoms with Gasteiger partial charge < -0.3 is 5.11 Å². The number of nitrogens with one attached hydrogen (secondary N) is 1. The van der Waals surface area contributed by atoms with Crippen LogP contribution in [0.15, 0.2) is 91.6 Å². The van der Waals surface area contributed by atoms with E-state index in [1.165, 1.54) is 4.57 Å². The number of fused-ring (bicyclic) bond motifs is 1. The first-order chi connectivity index (χ1) is 15.6. The van der Waals surface area contributed by atoms with E-state index in [9.17, 15) is 14.7 Å². The van der Waals surface area contributed by atoms with Gasteiger partial charge in [0.15, 0.2) is 0 Å². The number of nitrogens with zero attached hydrogens (tertiary/aromatic N) is 2. The molecule has 0 spiro atoms. The molecule has 1 atom stereocenters. The van der Waals surface area contributed by atoms with Crippen LogP contribution in [0.2, 0.25) is 0 Å². The maximum Gasteiger partial charge on any atom is 0.331 e. The Kier molecular flexibility index (Phi) is 5.55. The number of thiophene rings is 1. The van der Waals surface area contributed by atoms with Gasteiger partial charge in [0, 0.05) is 21.4 Å². The Balaban J connectivity index is 1.65. The van der Waals surface area contributed by atoms with Crippen molar-refractivity contribution in [2.45, 2.75) is 23.1 Å². The van der Waals surface area contributed by atoms with Crippen LogP contribution in [0.4, 0.5) is 5.69 Å². The summed E-state index contributed by atoms with van der Waals surface area (Å²) in [5.41, 5.74) is 0.791. The molecule has 3 heterocycles. The molecule has 2 N–H and O–H groups in total. The van der Waals surface area contributed by atoms with Crippen molar-refractivity contribution in [2.24, 2.45) is 4.99 Å². The number of aromatic hydroxyl groups is 1. The molecule has 0 amide bonds. The number of rotatable bonds is 4. The number of benzene rings is 2. The SMILES string of the molecule is O=c1[nH]c(=O)n(Cc2ccccc2)c(O)c1C1=Nc2ccccc2SC(c2cccs2)C1. The van der Waals surface area contributed by atoms with Gasteiger partial charge in [-0.25, -0.2) is 4.79 Å². The third-order valence-corrected chi connectivity index (χ3v) is 7.71. The standard InChI is InChI=1S/C24H19N3O3S2/c28-22-21(23(29)27(24(30)26-22)14-15-7-2-1-3-8-15)17-13-20(19-11-6-12-31-19)32-18-10-5-4-9-16(18)25-17/h1-12,20,29H,13-14H2,(H,26,28,30). The van der Waals surface area contributed by atoms with Gasteiger partial charge in [0.05, 0.1) is 17.9 Å². The summed E-state index contributed by atoms with van der Waals surface area (Å²) in [5, 5.41) is 13.1. The highest BCUT2D eigenvalue weighted by molar-refractivity contribution is 7.99. The van der Waals surface area contributed by atoms with Crippen LogP contribution in [-0.4, -0.2) is 20.4 Å². The second-order valence-electron chi connectivity index (χ2n) is 7.38. The van der Waals surface area contributed by atoms with Crippen molar-refractivity contribution in [1.82, 2.24) is 9.55 Å². The van der Waals surface area contributed by atoms with Crippen molar-refractivity contribution in [1.29, 1.82) is 0 Å². The van der Waals surface area contributed by atoms with Crippen molar-refractivity contribution in [3.8, 4) is 5.88 Å². The molecule has 1 unspecified atom stereocenters. The molecule has 1 aliphatic rings. The molecule has 8 heteroatoms. The van der Waals surface area contributed by atoms with Crippen LogP contribution in [-0.2, 0) is 6.54 Å². The van der Waals surface area contributed by atoms with Crippen molar-refractivity contribution in [3.63, 3.8) is 0 Å². The minimum absolute atomic E-state index is 0.0331. The summed E-state index contributed by atoms with van der Waals surface area (Å²) >= 11 is 3.34. The van der Waals surface area contributed by atoms with Gasteiger partial charge in [-0.2, -0.15) is 0 Å². The molecule has 0 bridgehead atoms. The molecule has 6 nitrogen and oxygen atoms in total. The monoisotopic (exact) mass is 461 g/mol. The van der Waals surface area contributed by atoms with Gasteiger partial charge in [0.2, 0.25) is 5.88 Å². The summed E-state index contributed by atoms with van der Waals surface area (Å²) in [4.78, 5) is 34.7. The second kappa shape index (κ2) is 8.64. The van der Waals surface area contributed by atoms with Crippen LogP contribution < -0.4 is 11.2 Å². The zero-order valence-electron chi connectivity index (χ0n) is 16.9. The van der Waals surface area contributed by atoms with Crippen LogP contribution in [0.1, 0.15) is 27.7 Å². The number of thioether (sulfide) groups is 1. The van der Waals surface area contributed by atoms with Gasteiger partial charge in [0.1, 0.15) is 5.56 Å². The largest absolute Gasteiger partial charge is 0.494 e. The Morgan fingerprint density at radius 3 is 2.59 bits per heavy atom. The van der Waals surface area contributed by atoms with E-state index in [1.54, 1.807) is 23.1 Å². The average Bonchev–Trinajstić information content (AvgIpc) is 3.26. The van der Waals surface area contributed by atoms with E-state index in [1.807, 2.05) is 66.0 Å². The van der Waals surface area contributed by atoms with Crippen LogP contribution in [0.25, 0.3) is 0 Å². The van der Waals surface area contributed by atoms with E-state index < -0.39 is 11.2 Å². The third-order valence-electron chi connectivity index (χ3n) is 5.27. The smallest absolute Gasteiger partial charge is 0.331 e. The molecule has 32 heavy (non-hydrogen) atoms. The Morgan fingerprint density at radius 1 is 1.03 bits per heavy atom. The van der Waals surface area contributed by atoms with Crippen molar-refractivity contribution in [3.05, 3.63) is 109 Å². The van der Waals surface area contributed by atoms with Gasteiger partial charge in [-0.1, -0.05) is 48.5 Å². The van der Waals surface area contributed by atoms with E-state index in [2.05, 4.69) is 11.1 Å². The van der Waals surface area contributed by atoms with E-state index in [0.29, 0.717) is 12.1 Å². The van der Waals surface area contributed by atoms with Crippen LogP contribution in [0.3, 0.4) is 0 Å². The van der Waals surface area contributed by atoms with Crippen molar-refractivity contribution < 1.29 is 5.11 Å². The van der Waals surface area contributed by atoms with E-state index in [-0.39, 0.29) is 23.2 Å². The molecule has 1 aliphatic heterocycles. The lowest BCUT2D eigenvalue weighted by molar-refractivity contribution is 0.408. The molecule has 0 radical (unpaired) electrons. The minimum atomic E-state index is -0.654. The number of H-pyrrole nitrogens is 1. The first kappa shape index (κ1) is 20.5. The lowest BCUT2D eigenvalue weighted by Crippen LogP contribution is -2.34. The van der Waals surface area contributed by atoms with Gasteiger partial charge in [-0.05, 0) is 29.1 Å². The highest BCUT2D eigenvalue weighted by atomic mass is 32.2. The fraction of sp³-hybridized carbons (Fsp3) is 0.125. The Labute approximate surface area is 191 Å². The molecule has 4 aromatic rings. The van der Waals surface area contributed by atoms with Crippen LogP contribution in [0.5, 0.6) is 5.88 Å². The first-order valence-electron chi connectivity index (χ1n) is 10.1. The molecule has 0 fully saturated rings. The molecular formula is C24H19N3O3S2. The zero-order chi connectivity index (χ0) is 22.1. The molecular weight excluding hydrogens is 442 g/mol. The number of hydrogen-bond donors (Lipinski definition) is 2. The van der Waals surface area contributed by atoms with Gasteiger partial charge in [0.25, 0.3) is 5.56 Å². The average molecular weight is 462 g/mol. The molecule has 5 rings (SSSR count). The minimum Gasteiger partial charge on any atom is -0.494 e. The number of aromatic nitrogens is 2. The predicted octanol–water partition coefficient (Wildman–Crippen LogP) is 4.71. The van der Waals surface area contributed by atoms with Crippen LogP contribution in [0, 0.1) is 0 Å². The van der Waals surface area contributed by atoms with Crippen LogP contribution >= 0.6 is 23.1 Å². The number of aromatic amines is 1. The number of hydrogen-bond acceptors (Lipinski definition) is 6. The topological polar surface area (TPSA) is 87.5 Å². The highest BCUT2D eigenvalue weighted by Gasteiger charge is 2.27. The van der Waals surface area contributed by atoms with Gasteiger partial charge >= 0.3 is 5.69 Å². The van der Waals surface area contributed by atoms with E-state index >= 15 is 0 Å². The van der Waals surface area contributed by atoms with Crippen molar-refractivity contribution in [2.75, 3.05) is 0 Å². The Hall–Kier alpha value is -3.36. The molecule has 0 saturated carbocycles. The molecule has 0 saturated heterocycles. The summed E-state index contributed by atoms with van der Waals surface area (Å²) in [7, 11) is 0. The maximum absolute atomic E-state index is 12.9.